The van der Waals surface area contributed by atoms with Gasteiger partial charge in [-0.1, -0.05) is 83.5 Å². The number of carbonyl (C=O) groups is 10. The van der Waals surface area contributed by atoms with E-state index in [4.69, 9.17) is 33.3 Å². The third kappa shape index (κ3) is 27.2. The molecule has 7 heterocycles. The van der Waals surface area contributed by atoms with Crippen LogP contribution in [0.3, 0.4) is 0 Å². The number of phenolic OH excluding ortho intramolecular Hbond substituents is 4. The van der Waals surface area contributed by atoms with Gasteiger partial charge >= 0.3 is 54.3 Å². The number of hydrogen-bond acceptors (Lipinski definition) is 24. The summed E-state index contributed by atoms with van der Waals surface area (Å²) in [6.07, 6.45) is 5.91. The number of ether oxygens (including phenoxy) is 7. The Morgan fingerprint density at radius 1 is 0.492 bits per heavy atom. The summed E-state index contributed by atoms with van der Waals surface area (Å²) < 4.78 is 37.0. The number of likely N-dealkylation sites (tertiary alicyclic amines) is 2. The number of esters is 2. The number of rotatable bonds is 14. The Bertz CT molecular complexity index is 4770. The number of carbonyl (C=O) groups excluding carboxylic acids is 8. The molecule has 12 rings (SSSR count). The van der Waals surface area contributed by atoms with Crippen molar-refractivity contribution in [3.63, 3.8) is 0 Å². The van der Waals surface area contributed by atoms with Crippen LogP contribution in [0.5, 0.6) is 23.0 Å². The van der Waals surface area contributed by atoms with E-state index in [-0.39, 0.29) is 79.4 Å². The molecule has 0 radical (unpaired) electrons. The monoisotopic (exact) mass is 1720 g/mol. The molecule has 6 aliphatic rings. The SMILES string of the molecule is CC(C)(C)OC(=O)N1CC(c2ccc(O)cc2)=C[C@H]1C(=O)O.CC(C)(C)OC(=O)N1C[C@H](c2ccc(O)cc2)C[C@H]1C(=O)O.COC(=O)[C@@H]1C=C(C)CN1C(=O)OC(C)(C)C.COC(=O)[C@@H]1C=C(c2ccc(O)cc2)CN1C(=O)OC(C)(C)C.O=C(CC[C@@H]1CC(Br)=NO1)[C@@H]1C[C@@H](c2ccc(O)cc2)CN1C(=O)OCc1cnc2ccccc2c1. The number of pyridine rings is 1. The number of aromatic nitrogens is 1. The van der Waals surface area contributed by atoms with Crippen molar-refractivity contribution in [3.8, 4) is 23.0 Å². The Hall–Kier alpha value is -12.2. The molecule has 1 aromatic heterocycles. The van der Waals surface area contributed by atoms with Crippen LogP contribution in [0.15, 0.2) is 163 Å². The highest BCUT2D eigenvalue weighted by molar-refractivity contribution is 9.18. The number of Topliss-reactive ketones (excluding diaryl/α,β-unsaturated/α-hetero) is 1. The number of nitrogens with zero attached hydrogens (tertiary/aromatic N) is 7. The van der Waals surface area contributed by atoms with Crippen molar-refractivity contribution in [2.75, 3.05) is 46.9 Å². The molecule has 32 heteroatoms. The van der Waals surface area contributed by atoms with Crippen molar-refractivity contribution < 1.29 is 117 Å². The number of phenols is 4. The van der Waals surface area contributed by atoms with Gasteiger partial charge in [0.1, 0.15) is 68.8 Å². The van der Waals surface area contributed by atoms with Crippen LogP contribution >= 0.6 is 15.9 Å². The van der Waals surface area contributed by atoms with Crippen molar-refractivity contribution in [1.29, 1.82) is 0 Å². The number of aliphatic carboxylic acids is 2. The number of fused-ring (bicyclic) bond motifs is 1. The topological polar surface area (TPSA) is 407 Å². The van der Waals surface area contributed by atoms with Crippen molar-refractivity contribution >= 4 is 103 Å². The van der Waals surface area contributed by atoms with E-state index >= 15 is 0 Å². The van der Waals surface area contributed by atoms with E-state index in [1.807, 2.05) is 49.4 Å². The molecule has 0 unspecified atom stereocenters. The molecular weight excluding hydrogens is 1620 g/mol. The Kier molecular flexibility index (Phi) is 31.5. The van der Waals surface area contributed by atoms with Crippen molar-refractivity contribution in [3.05, 3.63) is 185 Å². The van der Waals surface area contributed by atoms with Gasteiger partial charge < -0.3 is 68.6 Å². The number of oxime groups is 1. The number of methoxy groups -OCH3 is 2. The molecule has 5 aromatic carbocycles. The Balaban J connectivity index is 0.000000192. The number of aromatic hydroxyl groups is 4. The number of benzene rings is 5. The number of para-hydroxylation sites is 1. The maximum absolute atomic E-state index is 13.2. The van der Waals surface area contributed by atoms with E-state index < -0.39 is 107 Å². The second-order valence-corrected chi connectivity index (χ2v) is 34.1. The van der Waals surface area contributed by atoms with Crippen LogP contribution in [0, 0.1) is 0 Å². The summed E-state index contributed by atoms with van der Waals surface area (Å²) in [4.78, 5) is 138. The fourth-order valence-electron chi connectivity index (χ4n) is 13.4. The first-order chi connectivity index (χ1) is 56.2. The predicted octanol–water partition coefficient (Wildman–Crippen LogP) is 14.6. The molecule has 2 saturated heterocycles. The summed E-state index contributed by atoms with van der Waals surface area (Å²) in [6, 6.07) is 32.1. The first-order valence-corrected chi connectivity index (χ1v) is 39.6. The quantitative estimate of drug-likeness (QED) is 0.0335. The first-order valence-electron chi connectivity index (χ1n) is 38.8. The molecule has 644 valence electrons. The summed E-state index contributed by atoms with van der Waals surface area (Å²) >= 11 is 3.32. The smallest absolute Gasteiger partial charge is 0.411 e. The van der Waals surface area contributed by atoms with Gasteiger partial charge in [-0.15, -0.1) is 0 Å². The van der Waals surface area contributed by atoms with E-state index in [0.29, 0.717) is 44.3 Å². The highest BCUT2D eigenvalue weighted by atomic mass is 79.9. The van der Waals surface area contributed by atoms with E-state index in [1.54, 1.807) is 174 Å². The number of hydrogen-bond donors (Lipinski definition) is 6. The highest BCUT2D eigenvalue weighted by Crippen LogP contribution is 2.38. The fourth-order valence-corrected chi connectivity index (χ4v) is 13.9. The fraction of sp³-hybridized carbons (Fsp3) is 0.432. The molecule has 5 amide bonds. The largest absolute Gasteiger partial charge is 0.508 e. The molecule has 8 atom stereocenters. The molecule has 6 N–H and O–H groups in total. The van der Waals surface area contributed by atoms with Crippen LogP contribution in [-0.4, -0.2) is 231 Å². The second kappa shape index (κ2) is 40.5. The van der Waals surface area contributed by atoms with Crippen molar-refractivity contribution in [2.24, 2.45) is 5.16 Å². The van der Waals surface area contributed by atoms with E-state index in [2.05, 4.69) is 30.8 Å². The van der Waals surface area contributed by atoms with Crippen LogP contribution in [0.25, 0.3) is 22.0 Å². The highest BCUT2D eigenvalue weighted by Gasteiger charge is 2.45. The normalized spacial score (nSPS) is 19.9. The first kappa shape index (κ1) is 93.3. The molecule has 0 bridgehead atoms. The predicted molar refractivity (Wildman–Crippen MR) is 446 cm³/mol. The Labute approximate surface area is 704 Å². The van der Waals surface area contributed by atoms with Gasteiger partial charge in [0, 0.05) is 61.5 Å². The average Bonchev–Trinajstić information content (AvgIpc) is 1.65. The zero-order chi connectivity index (χ0) is 88.5. The Morgan fingerprint density at radius 2 is 0.892 bits per heavy atom. The summed E-state index contributed by atoms with van der Waals surface area (Å²) in [5.74, 6) is -2.66. The third-order valence-electron chi connectivity index (χ3n) is 19.0. The lowest BCUT2D eigenvalue weighted by atomic mass is 9.94. The summed E-state index contributed by atoms with van der Waals surface area (Å²) in [7, 11) is 2.58. The van der Waals surface area contributed by atoms with E-state index in [1.165, 1.54) is 56.9 Å². The molecule has 0 saturated carbocycles. The van der Waals surface area contributed by atoms with Gasteiger partial charge in [0.15, 0.2) is 23.9 Å². The number of halogens is 1. The molecule has 6 aliphatic heterocycles. The van der Waals surface area contributed by atoms with Crippen molar-refractivity contribution in [2.45, 2.75) is 199 Å². The minimum absolute atomic E-state index is 0.0211. The van der Waals surface area contributed by atoms with Crippen LogP contribution in [0.2, 0.25) is 0 Å². The van der Waals surface area contributed by atoms with Crippen LogP contribution in [-0.2, 0) is 68.6 Å². The lowest BCUT2D eigenvalue weighted by Gasteiger charge is -2.27. The van der Waals surface area contributed by atoms with Gasteiger partial charge in [0.05, 0.1) is 38.9 Å². The maximum atomic E-state index is 13.2. The van der Waals surface area contributed by atoms with Gasteiger partial charge in [-0.05, 0) is 231 Å². The Morgan fingerprint density at radius 3 is 1.32 bits per heavy atom. The summed E-state index contributed by atoms with van der Waals surface area (Å²) in [5.41, 5.74) is 4.96. The number of ketones is 1. The molecule has 0 aliphatic carbocycles. The number of amides is 5. The van der Waals surface area contributed by atoms with Crippen LogP contribution in [0.4, 0.5) is 24.0 Å². The average molecular weight is 1730 g/mol. The minimum Gasteiger partial charge on any atom is -0.508 e. The van der Waals surface area contributed by atoms with E-state index in [0.717, 1.165) is 54.5 Å². The van der Waals surface area contributed by atoms with Gasteiger partial charge in [0.2, 0.25) is 0 Å². The maximum Gasteiger partial charge on any atom is 0.411 e. The third-order valence-corrected chi connectivity index (χ3v) is 19.5. The van der Waals surface area contributed by atoms with Crippen LogP contribution < -0.4 is 0 Å². The zero-order valence-corrected chi connectivity index (χ0v) is 71.5. The van der Waals surface area contributed by atoms with Gasteiger partial charge in [-0.25, -0.2) is 43.2 Å². The zero-order valence-electron chi connectivity index (χ0n) is 69.9. The molecule has 120 heavy (non-hydrogen) atoms. The standard InChI is InChI=1S/C27H26BrN3O5.C17H21NO5.C16H21NO5.C16H19NO5.C12H19NO4/c28-26-13-22(36-30-26)9-10-25(33)24-12-20(18-5-7-21(32)8-6-18)15-31(24)27(34)35-16-17-11-19-3-1-2-4-23(19)29-14-17;1-17(2,3)23-16(21)18-10-12(9-14(18)15(20)22-4)11-5-7-13(19)8-6-11;2*1-16(2,3)22-15(21)17-9-11(8-13(17)14(19)20)10-4-6-12(18)7-5-10;1-8-6-9(10(14)16-5)13(7-8)11(15)17-12(2,3)4/h1-8,11,14,20,22,24,32H,9-10,12-13,15-16H2;5-9,14,19H,10H2,1-4H3;4-7,11,13,18H,8-9H2,1-3H3,(H,19,20);4-8,13,18H,9H2,1-3H3,(H,19,20);6,9H,7H2,1-5H3/t20-,22-,24+;14-;11-,13+;13-;9-/m10100/s1. The lowest BCUT2D eigenvalue weighted by molar-refractivity contribution is -0.145. The second-order valence-electron chi connectivity index (χ2n) is 33.2. The van der Waals surface area contributed by atoms with Gasteiger partial charge in [0.25, 0.3) is 0 Å². The molecule has 2 fully saturated rings. The minimum atomic E-state index is -1.11. The number of carboxylic acids is 2. The van der Waals surface area contributed by atoms with Crippen molar-refractivity contribution in [1.82, 2.24) is 29.5 Å². The molecule has 31 nitrogen and oxygen atoms in total. The molecule has 0 spiro atoms. The van der Waals surface area contributed by atoms with E-state index in [9.17, 15) is 78.6 Å². The number of carboxylic acid groups (broad SMARTS) is 2. The molecular formula is C88H106BrN7O24. The lowest BCUT2D eigenvalue weighted by Crippen LogP contribution is -2.44. The summed E-state index contributed by atoms with van der Waals surface area (Å²) in [5, 5.41) is 61.2. The van der Waals surface area contributed by atoms with Crippen LogP contribution in [0.1, 0.15) is 162 Å². The summed E-state index contributed by atoms with van der Waals surface area (Å²) in [6.45, 7) is 24.4. The van der Waals surface area contributed by atoms with Gasteiger partial charge in [-0.3, -0.25) is 34.3 Å². The molecule has 6 aromatic rings. The van der Waals surface area contributed by atoms with Gasteiger partial charge in [-0.2, -0.15) is 0 Å².